The van der Waals surface area contributed by atoms with Crippen molar-refractivity contribution < 1.29 is 9.59 Å². The third-order valence-corrected chi connectivity index (χ3v) is 2.25. The Hall–Kier alpha value is -1.95. The van der Waals surface area contributed by atoms with Crippen LogP contribution in [-0.4, -0.2) is 48.9 Å². The van der Waals surface area contributed by atoms with Crippen LogP contribution in [0.5, 0.6) is 0 Å². The van der Waals surface area contributed by atoms with Crippen LogP contribution < -0.4 is 10.6 Å². The van der Waals surface area contributed by atoms with E-state index in [1.807, 2.05) is 19.0 Å². The Kier molecular flexibility index (Phi) is 5.79. The van der Waals surface area contributed by atoms with E-state index in [1.165, 1.54) is 0 Å². The van der Waals surface area contributed by atoms with Gasteiger partial charge in [-0.15, -0.1) is 0 Å². The zero-order valence-electron chi connectivity index (χ0n) is 10.6. The summed E-state index contributed by atoms with van der Waals surface area (Å²) < 4.78 is 0. The summed E-state index contributed by atoms with van der Waals surface area (Å²) in [5.41, 5.74) is 0.902. The molecule has 0 aliphatic carbocycles. The molecule has 0 aliphatic rings. The lowest BCUT2D eigenvalue weighted by Gasteiger charge is -2.10. The molecule has 98 valence electrons. The zero-order valence-corrected chi connectivity index (χ0v) is 10.6. The number of aromatic nitrogens is 1. The lowest BCUT2D eigenvalue weighted by Crippen LogP contribution is -2.41. The third kappa shape index (κ3) is 5.40. The average molecular weight is 250 g/mol. The second-order valence-electron chi connectivity index (χ2n) is 4.10. The Morgan fingerprint density at radius 3 is 2.39 bits per heavy atom. The first-order valence-corrected chi connectivity index (χ1v) is 5.69. The number of carbonyl (C=O) groups excluding carboxylic acids is 2. The highest BCUT2D eigenvalue weighted by Gasteiger charge is 2.11. The number of pyridine rings is 1. The van der Waals surface area contributed by atoms with Crippen molar-refractivity contribution in [3.05, 3.63) is 30.1 Å². The largest absolute Gasteiger partial charge is 0.347 e. The van der Waals surface area contributed by atoms with Crippen molar-refractivity contribution in [2.75, 3.05) is 27.2 Å². The Bertz CT molecular complexity index is 392. The van der Waals surface area contributed by atoms with Crippen molar-refractivity contribution >= 4 is 11.8 Å². The molecule has 6 nitrogen and oxygen atoms in total. The van der Waals surface area contributed by atoms with Gasteiger partial charge in [-0.2, -0.15) is 0 Å². The van der Waals surface area contributed by atoms with Crippen LogP contribution in [0.3, 0.4) is 0 Å². The summed E-state index contributed by atoms with van der Waals surface area (Å²) in [5.74, 6) is -1.23. The van der Waals surface area contributed by atoms with Crippen molar-refractivity contribution in [3.63, 3.8) is 0 Å². The van der Waals surface area contributed by atoms with E-state index in [2.05, 4.69) is 15.6 Å². The number of nitrogens with one attached hydrogen (secondary N) is 2. The summed E-state index contributed by atoms with van der Waals surface area (Å²) >= 11 is 0. The van der Waals surface area contributed by atoms with Crippen molar-refractivity contribution in [2.45, 2.75) is 6.54 Å². The molecular formula is C12H18N4O2. The standard InChI is InChI=1S/C12H18N4O2/c1-16(2)8-7-14-11(17)12(18)15-9-10-3-5-13-6-4-10/h3-6H,7-9H2,1-2H3,(H,14,17)(H,15,18). The fourth-order valence-corrected chi connectivity index (χ4v) is 1.24. The molecule has 0 saturated carbocycles. The maximum atomic E-state index is 11.4. The second kappa shape index (κ2) is 7.39. The number of rotatable bonds is 5. The van der Waals surface area contributed by atoms with E-state index in [4.69, 9.17) is 0 Å². The van der Waals surface area contributed by atoms with Crippen LogP contribution in [0.25, 0.3) is 0 Å². The van der Waals surface area contributed by atoms with E-state index in [9.17, 15) is 9.59 Å². The summed E-state index contributed by atoms with van der Waals surface area (Å²) in [6.07, 6.45) is 3.28. The van der Waals surface area contributed by atoms with E-state index >= 15 is 0 Å². The van der Waals surface area contributed by atoms with Gasteiger partial charge in [0, 0.05) is 32.0 Å². The van der Waals surface area contributed by atoms with Gasteiger partial charge in [-0.3, -0.25) is 14.6 Å². The van der Waals surface area contributed by atoms with Gasteiger partial charge in [-0.1, -0.05) is 0 Å². The minimum atomic E-state index is -0.620. The Morgan fingerprint density at radius 2 is 1.78 bits per heavy atom. The molecule has 1 rings (SSSR count). The van der Waals surface area contributed by atoms with Gasteiger partial charge in [0.15, 0.2) is 0 Å². The highest BCUT2D eigenvalue weighted by molar-refractivity contribution is 6.35. The van der Waals surface area contributed by atoms with Crippen LogP contribution in [0.1, 0.15) is 5.56 Å². The van der Waals surface area contributed by atoms with Crippen molar-refractivity contribution in [3.8, 4) is 0 Å². The molecule has 0 saturated heterocycles. The molecule has 0 unspecified atom stereocenters. The number of hydrogen-bond acceptors (Lipinski definition) is 4. The van der Waals surface area contributed by atoms with Gasteiger partial charge < -0.3 is 15.5 Å². The molecule has 1 aromatic rings. The van der Waals surface area contributed by atoms with Crippen LogP contribution in [0.2, 0.25) is 0 Å². The van der Waals surface area contributed by atoms with Crippen LogP contribution in [0.4, 0.5) is 0 Å². The quantitative estimate of drug-likeness (QED) is 0.683. The monoisotopic (exact) mass is 250 g/mol. The molecule has 0 spiro atoms. The maximum absolute atomic E-state index is 11.4. The molecular weight excluding hydrogens is 232 g/mol. The van der Waals surface area contributed by atoms with Gasteiger partial charge >= 0.3 is 11.8 Å². The van der Waals surface area contributed by atoms with Gasteiger partial charge in [0.1, 0.15) is 0 Å². The predicted octanol–water partition coefficient (Wildman–Crippen LogP) is -0.624. The number of carbonyl (C=O) groups is 2. The number of amides is 2. The molecule has 0 bridgehead atoms. The Labute approximate surface area is 106 Å². The Balaban J connectivity index is 2.26. The first-order chi connectivity index (χ1) is 8.59. The molecule has 18 heavy (non-hydrogen) atoms. The maximum Gasteiger partial charge on any atom is 0.309 e. The van der Waals surface area contributed by atoms with Gasteiger partial charge in [0.2, 0.25) is 0 Å². The minimum absolute atomic E-state index is 0.322. The van der Waals surface area contributed by atoms with E-state index in [0.717, 1.165) is 5.56 Å². The molecule has 0 aromatic carbocycles. The van der Waals surface area contributed by atoms with Crippen LogP contribution in [0.15, 0.2) is 24.5 Å². The second-order valence-corrected chi connectivity index (χ2v) is 4.10. The van der Waals surface area contributed by atoms with E-state index in [1.54, 1.807) is 24.5 Å². The highest BCUT2D eigenvalue weighted by Crippen LogP contribution is 1.94. The molecule has 2 N–H and O–H groups in total. The topological polar surface area (TPSA) is 74.3 Å². The molecule has 0 fully saturated rings. The highest BCUT2D eigenvalue weighted by atomic mass is 16.2. The summed E-state index contributed by atoms with van der Waals surface area (Å²) in [7, 11) is 3.80. The van der Waals surface area contributed by atoms with Gasteiger partial charge in [-0.05, 0) is 31.8 Å². The average Bonchev–Trinajstić information content (AvgIpc) is 2.36. The van der Waals surface area contributed by atoms with E-state index < -0.39 is 11.8 Å². The fraction of sp³-hybridized carbons (Fsp3) is 0.417. The molecule has 2 amide bonds. The lowest BCUT2D eigenvalue weighted by atomic mass is 10.3. The number of nitrogens with zero attached hydrogens (tertiary/aromatic N) is 2. The summed E-state index contributed by atoms with van der Waals surface area (Å²) in [5, 5.41) is 5.09. The van der Waals surface area contributed by atoms with Gasteiger partial charge in [0.25, 0.3) is 0 Å². The molecule has 1 aromatic heterocycles. The molecule has 1 heterocycles. The predicted molar refractivity (Wildman–Crippen MR) is 67.6 cm³/mol. The van der Waals surface area contributed by atoms with Crippen LogP contribution >= 0.6 is 0 Å². The summed E-state index contributed by atoms with van der Waals surface area (Å²) in [6, 6.07) is 3.56. The van der Waals surface area contributed by atoms with Crippen LogP contribution in [0, 0.1) is 0 Å². The van der Waals surface area contributed by atoms with E-state index in [-0.39, 0.29) is 0 Å². The zero-order chi connectivity index (χ0) is 13.4. The first kappa shape index (κ1) is 14.1. The van der Waals surface area contributed by atoms with Crippen molar-refractivity contribution in [1.29, 1.82) is 0 Å². The molecule has 0 aliphatic heterocycles. The number of hydrogen-bond donors (Lipinski definition) is 2. The normalized spacial score (nSPS) is 10.2. The van der Waals surface area contributed by atoms with E-state index in [0.29, 0.717) is 19.6 Å². The van der Waals surface area contributed by atoms with Crippen molar-refractivity contribution in [2.24, 2.45) is 0 Å². The van der Waals surface area contributed by atoms with Gasteiger partial charge in [-0.25, -0.2) is 0 Å². The van der Waals surface area contributed by atoms with Gasteiger partial charge in [0.05, 0.1) is 0 Å². The smallest absolute Gasteiger partial charge is 0.309 e. The molecule has 6 heteroatoms. The van der Waals surface area contributed by atoms with Crippen LogP contribution in [-0.2, 0) is 16.1 Å². The summed E-state index contributed by atoms with van der Waals surface area (Å²) in [4.78, 5) is 28.6. The SMILES string of the molecule is CN(C)CCNC(=O)C(=O)NCc1ccncc1. The molecule has 0 atom stereocenters. The summed E-state index contributed by atoms with van der Waals surface area (Å²) in [6.45, 7) is 1.47. The first-order valence-electron chi connectivity index (χ1n) is 5.69. The lowest BCUT2D eigenvalue weighted by molar-refractivity contribution is -0.139. The fourth-order valence-electron chi connectivity index (χ4n) is 1.24. The van der Waals surface area contributed by atoms with Crippen molar-refractivity contribution in [1.82, 2.24) is 20.5 Å². The molecule has 0 radical (unpaired) electrons. The third-order valence-electron chi connectivity index (χ3n) is 2.25. The number of likely N-dealkylation sites (N-methyl/N-ethyl adjacent to an activating group) is 1. The Morgan fingerprint density at radius 1 is 1.17 bits per heavy atom. The minimum Gasteiger partial charge on any atom is -0.347 e.